The van der Waals surface area contributed by atoms with Crippen LogP contribution in [0.5, 0.6) is 0 Å². The zero-order chi connectivity index (χ0) is 23.8. The van der Waals surface area contributed by atoms with Gasteiger partial charge < -0.3 is 19.3 Å². The third-order valence-corrected chi connectivity index (χ3v) is 7.59. The lowest BCUT2D eigenvalue weighted by Gasteiger charge is -2.21. The number of hydrogen-bond donors (Lipinski definition) is 1. The molecule has 32 heavy (non-hydrogen) atoms. The highest BCUT2D eigenvalue weighted by Crippen LogP contribution is 2.47. The predicted molar refractivity (Wildman–Crippen MR) is 140 cm³/mol. The first kappa shape index (κ1) is 31.8. The summed E-state index contributed by atoms with van der Waals surface area (Å²) < 4.78 is 16.3. The standard InChI is InChI=1S/C26H54NO4P/c1-4-5-6-7-8-9-10-11-12-13-14-15-16-17-18-21-26(28)22-19-20-24-30-32(3,29-2)31-25-23-27/h3-25,27H2,1-2H3. The molecule has 0 fully saturated rings. The topological polar surface area (TPSA) is 70.8 Å². The summed E-state index contributed by atoms with van der Waals surface area (Å²) in [6.07, 6.45) is 27.2. The molecule has 0 aliphatic rings. The molecule has 1 atom stereocenters. The lowest BCUT2D eigenvalue weighted by Crippen LogP contribution is -2.09. The molecule has 0 radical (unpaired) electrons. The number of carbonyl (C=O) groups is 1. The summed E-state index contributed by atoms with van der Waals surface area (Å²) in [5, 5.41) is 0. The third kappa shape index (κ3) is 21.6. The van der Waals surface area contributed by atoms with Crippen molar-refractivity contribution in [2.24, 2.45) is 5.73 Å². The van der Waals surface area contributed by atoms with Crippen LogP contribution in [0.25, 0.3) is 0 Å². The molecule has 0 aromatic heterocycles. The predicted octanol–water partition coefficient (Wildman–Crippen LogP) is 7.82. The van der Waals surface area contributed by atoms with Crippen molar-refractivity contribution >= 4 is 19.6 Å². The fraction of sp³-hybridized carbons (Fsp3) is 0.923. The fourth-order valence-electron chi connectivity index (χ4n) is 3.78. The number of hydrogen-bond acceptors (Lipinski definition) is 5. The van der Waals surface area contributed by atoms with Crippen molar-refractivity contribution in [2.45, 2.75) is 129 Å². The minimum absolute atomic E-state index is 0.376. The molecule has 0 aliphatic heterocycles. The summed E-state index contributed by atoms with van der Waals surface area (Å²) in [6.45, 7) is 3.57. The Morgan fingerprint density at radius 2 is 1.09 bits per heavy atom. The van der Waals surface area contributed by atoms with E-state index in [2.05, 4.69) is 13.2 Å². The molecule has 0 aromatic carbocycles. The molecular formula is C26H54NO4P. The first-order chi connectivity index (χ1) is 15.6. The largest absolute Gasteiger partial charge is 0.328 e. The molecular weight excluding hydrogens is 421 g/mol. The van der Waals surface area contributed by atoms with Crippen LogP contribution in [0.15, 0.2) is 0 Å². The molecule has 0 aromatic rings. The van der Waals surface area contributed by atoms with Gasteiger partial charge in [0.1, 0.15) is 5.78 Å². The summed E-state index contributed by atoms with van der Waals surface area (Å²) in [4.78, 5) is 12.0. The van der Waals surface area contributed by atoms with Gasteiger partial charge in [0, 0.05) is 26.5 Å². The van der Waals surface area contributed by atoms with Crippen LogP contribution in [-0.4, -0.2) is 39.0 Å². The maximum absolute atomic E-state index is 12.0. The molecule has 0 saturated carbocycles. The van der Waals surface area contributed by atoms with E-state index in [9.17, 15) is 4.79 Å². The van der Waals surface area contributed by atoms with Gasteiger partial charge >= 0.3 is 0 Å². The van der Waals surface area contributed by atoms with Crippen molar-refractivity contribution in [1.82, 2.24) is 0 Å². The molecule has 5 nitrogen and oxygen atoms in total. The molecule has 0 spiro atoms. The third-order valence-electron chi connectivity index (χ3n) is 5.88. The molecule has 1 unspecified atom stereocenters. The van der Waals surface area contributed by atoms with E-state index in [4.69, 9.17) is 19.3 Å². The number of Topliss-reactive ketones (excluding diaryl/α,β-unsaturated/α-hetero) is 1. The second-order valence-electron chi connectivity index (χ2n) is 8.94. The molecule has 0 amide bonds. The molecule has 0 heterocycles. The van der Waals surface area contributed by atoms with Crippen LogP contribution in [0.3, 0.4) is 0 Å². The average molecular weight is 476 g/mol. The smallest absolute Gasteiger partial charge is 0.250 e. The maximum Gasteiger partial charge on any atom is 0.250 e. The summed E-state index contributed by atoms with van der Waals surface area (Å²) in [7, 11) is -0.952. The monoisotopic (exact) mass is 475 g/mol. The van der Waals surface area contributed by atoms with Gasteiger partial charge in [-0.2, -0.15) is 0 Å². The Hall–Kier alpha value is -0.190. The van der Waals surface area contributed by atoms with Gasteiger partial charge in [0.2, 0.25) is 7.57 Å². The van der Waals surface area contributed by atoms with Crippen LogP contribution >= 0.6 is 7.57 Å². The minimum atomic E-state index is -2.49. The van der Waals surface area contributed by atoms with Gasteiger partial charge in [-0.25, -0.2) is 0 Å². The SMILES string of the molecule is C=P(OC)(OCCN)OCCCCC(=O)CCCCCCCCCCCCCCCCC. The second-order valence-corrected chi connectivity index (χ2v) is 11.0. The quantitative estimate of drug-likeness (QED) is 0.102. The normalized spacial score (nSPS) is 13.3. The highest BCUT2D eigenvalue weighted by Gasteiger charge is 2.14. The van der Waals surface area contributed by atoms with E-state index in [0.29, 0.717) is 32.0 Å². The Bertz CT molecular complexity index is 459. The second kappa shape index (κ2) is 24.0. The van der Waals surface area contributed by atoms with Gasteiger partial charge in [0.05, 0.1) is 13.2 Å². The van der Waals surface area contributed by atoms with Gasteiger partial charge in [0.25, 0.3) is 0 Å². The van der Waals surface area contributed by atoms with Gasteiger partial charge in [-0.05, 0) is 25.6 Å². The number of nitrogens with two attached hydrogens (primary N) is 1. The Morgan fingerprint density at radius 3 is 1.53 bits per heavy atom. The number of ketones is 1. The zero-order valence-electron chi connectivity index (χ0n) is 21.4. The molecule has 0 bridgehead atoms. The van der Waals surface area contributed by atoms with Crippen LogP contribution in [0.4, 0.5) is 0 Å². The summed E-state index contributed by atoms with van der Waals surface area (Å²) in [6, 6.07) is 0. The van der Waals surface area contributed by atoms with Gasteiger partial charge in [-0.15, -0.1) is 0 Å². The van der Waals surface area contributed by atoms with Crippen LogP contribution in [0.2, 0.25) is 0 Å². The fourth-order valence-corrected chi connectivity index (χ4v) is 4.86. The molecule has 0 rings (SSSR count). The summed E-state index contributed by atoms with van der Waals surface area (Å²) in [5.74, 6) is 0.376. The van der Waals surface area contributed by atoms with Crippen molar-refractivity contribution in [1.29, 1.82) is 0 Å². The number of rotatable bonds is 26. The van der Waals surface area contributed by atoms with E-state index in [1.165, 1.54) is 97.0 Å². The Morgan fingerprint density at radius 1 is 0.688 bits per heavy atom. The maximum atomic E-state index is 12.0. The Labute approximate surface area is 199 Å². The van der Waals surface area contributed by atoms with Crippen molar-refractivity contribution in [3.05, 3.63) is 0 Å². The van der Waals surface area contributed by atoms with Crippen LogP contribution in [0, 0.1) is 0 Å². The van der Waals surface area contributed by atoms with E-state index in [1.807, 2.05) is 0 Å². The van der Waals surface area contributed by atoms with Gasteiger partial charge in [-0.3, -0.25) is 4.79 Å². The highest BCUT2D eigenvalue weighted by molar-refractivity contribution is 7.59. The Balaban J connectivity index is 3.35. The van der Waals surface area contributed by atoms with Gasteiger partial charge in [0.15, 0.2) is 0 Å². The lowest BCUT2D eigenvalue weighted by atomic mass is 10.0. The summed E-state index contributed by atoms with van der Waals surface area (Å²) in [5.41, 5.74) is 5.43. The Kier molecular flexibility index (Phi) is 23.8. The molecule has 6 heteroatoms. The van der Waals surface area contributed by atoms with E-state index in [-0.39, 0.29) is 0 Å². The lowest BCUT2D eigenvalue weighted by molar-refractivity contribution is -0.119. The molecule has 0 saturated heterocycles. The number of carbonyl (C=O) groups excluding carboxylic acids is 1. The van der Waals surface area contributed by atoms with Crippen LogP contribution in [0.1, 0.15) is 129 Å². The van der Waals surface area contributed by atoms with E-state index in [0.717, 1.165) is 25.7 Å². The van der Waals surface area contributed by atoms with Crippen molar-refractivity contribution in [3.8, 4) is 0 Å². The van der Waals surface area contributed by atoms with E-state index < -0.39 is 7.57 Å². The highest BCUT2D eigenvalue weighted by atomic mass is 31.2. The van der Waals surface area contributed by atoms with Crippen molar-refractivity contribution in [2.75, 3.05) is 26.9 Å². The zero-order valence-corrected chi connectivity index (χ0v) is 22.3. The van der Waals surface area contributed by atoms with E-state index in [1.54, 1.807) is 0 Å². The number of unbranched alkanes of at least 4 members (excludes halogenated alkanes) is 15. The molecule has 192 valence electrons. The molecule has 0 aliphatic carbocycles. The van der Waals surface area contributed by atoms with E-state index >= 15 is 0 Å². The van der Waals surface area contributed by atoms with Crippen molar-refractivity contribution in [3.63, 3.8) is 0 Å². The van der Waals surface area contributed by atoms with Crippen LogP contribution in [-0.2, 0) is 18.4 Å². The minimum Gasteiger partial charge on any atom is -0.328 e. The van der Waals surface area contributed by atoms with Gasteiger partial charge in [-0.1, -0.05) is 96.8 Å². The first-order valence-corrected chi connectivity index (χ1v) is 15.1. The average Bonchev–Trinajstić information content (AvgIpc) is 2.80. The van der Waals surface area contributed by atoms with Crippen LogP contribution < -0.4 is 5.73 Å². The molecule has 2 N–H and O–H groups in total. The summed E-state index contributed by atoms with van der Waals surface area (Å²) >= 11 is 0. The van der Waals surface area contributed by atoms with Crippen molar-refractivity contribution < 1.29 is 18.4 Å². The first-order valence-electron chi connectivity index (χ1n) is 13.4.